The van der Waals surface area contributed by atoms with Crippen molar-refractivity contribution in [1.82, 2.24) is 4.57 Å². The van der Waals surface area contributed by atoms with E-state index in [-0.39, 0.29) is 11.3 Å². The Bertz CT molecular complexity index is 3670. The fourth-order valence-corrected chi connectivity index (χ4v) is 10.3. The van der Waals surface area contributed by atoms with Crippen LogP contribution >= 0.6 is 11.3 Å². The number of thiophene rings is 1. The van der Waals surface area contributed by atoms with Crippen molar-refractivity contribution in [2.45, 2.75) is 20.8 Å². The van der Waals surface area contributed by atoms with Gasteiger partial charge < -0.3 is 13.4 Å². The lowest BCUT2D eigenvalue weighted by Gasteiger charge is -2.16. The van der Waals surface area contributed by atoms with Crippen molar-refractivity contribution in [1.29, 1.82) is 0 Å². The molecule has 0 atom stereocenters. The molecule has 0 bridgehead atoms. The second-order valence-electron chi connectivity index (χ2n) is 15.4. The molecule has 0 aliphatic heterocycles. The molecule has 11 rings (SSSR count). The van der Waals surface area contributed by atoms with Gasteiger partial charge in [0.05, 0.1) is 16.8 Å². The van der Waals surface area contributed by atoms with Gasteiger partial charge in [0.2, 0.25) is 0 Å². The third kappa shape index (κ3) is 5.15. The number of fused-ring (bicyclic) bond motifs is 7. The Morgan fingerprint density at radius 1 is 0.466 bits per heavy atom. The quantitative estimate of drug-likeness (QED) is 0.102. The first-order valence-electron chi connectivity index (χ1n) is 19.4. The summed E-state index contributed by atoms with van der Waals surface area (Å²) < 4.78 is 14.1. The highest BCUT2D eigenvalue weighted by Crippen LogP contribution is 2.44. The minimum Gasteiger partial charge on any atom is -0.422 e. The number of benzene rings is 7. The average Bonchev–Trinajstić information content (AvgIpc) is 3.85. The molecule has 0 spiro atoms. The fourth-order valence-electron chi connectivity index (χ4n) is 9.11. The van der Waals surface area contributed by atoms with Crippen molar-refractivity contribution in [2.24, 2.45) is 7.05 Å². The first-order valence-corrected chi connectivity index (χ1v) is 20.2. The molecule has 0 amide bonds. The lowest BCUT2D eigenvalue weighted by Crippen LogP contribution is -2.06. The van der Waals surface area contributed by atoms with Crippen LogP contribution in [0, 0.1) is 20.8 Å². The molecule has 58 heavy (non-hydrogen) atoms. The van der Waals surface area contributed by atoms with E-state index in [1.54, 1.807) is 11.3 Å². The normalized spacial score (nSPS) is 11.9. The summed E-state index contributed by atoms with van der Waals surface area (Å²) >= 11 is 1.61. The highest BCUT2D eigenvalue weighted by Gasteiger charge is 2.22. The molecule has 11 aromatic rings. The Kier molecular flexibility index (Phi) is 7.53. The lowest BCUT2D eigenvalue weighted by molar-refractivity contribution is 0.563. The largest absolute Gasteiger partial charge is 0.422 e. The highest BCUT2D eigenvalue weighted by atomic mass is 32.1. The Hall–Kier alpha value is -7.02. The molecular weight excluding hydrogens is 735 g/mol. The first kappa shape index (κ1) is 34.2. The van der Waals surface area contributed by atoms with E-state index < -0.39 is 0 Å². The van der Waals surface area contributed by atoms with Gasteiger partial charge in [0.1, 0.15) is 11.2 Å². The number of rotatable bonds is 4. The second kappa shape index (κ2) is 12.7. The van der Waals surface area contributed by atoms with Gasteiger partial charge in [0.25, 0.3) is 0 Å². The smallest absolute Gasteiger partial charge is 0.345 e. The molecule has 4 heterocycles. The van der Waals surface area contributed by atoms with Gasteiger partial charge in [-0.1, -0.05) is 78.9 Å². The number of aryl methyl sites for hydroxylation is 3. The summed E-state index contributed by atoms with van der Waals surface area (Å²) in [6.07, 6.45) is 0. The van der Waals surface area contributed by atoms with Gasteiger partial charge >= 0.3 is 11.3 Å². The van der Waals surface area contributed by atoms with Crippen LogP contribution in [0.25, 0.3) is 108 Å². The first-order chi connectivity index (χ1) is 28.2. The van der Waals surface area contributed by atoms with Crippen LogP contribution < -0.4 is 11.3 Å². The molecule has 7 aromatic carbocycles. The van der Waals surface area contributed by atoms with Crippen molar-refractivity contribution in [3.63, 3.8) is 0 Å². The van der Waals surface area contributed by atoms with Crippen LogP contribution in [0.2, 0.25) is 0 Å². The van der Waals surface area contributed by atoms with Crippen molar-refractivity contribution in [3.8, 4) is 43.4 Å². The predicted octanol–water partition coefficient (Wildman–Crippen LogP) is 13.5. The van der Waals surface area contributed by atoms with Crippen LogP contribution in [0.5, 0.6) is 0 Å². The van der Waals surface area contributed by atoms with Gasteiger partial charge in [-0.3, -0.25) is 0 Å². The number of nitrogens with zero attached hydrogens (tertiary/aromatic N) is 1. The van der Waals surface area contributed by atoms with Gasteiger partial charge in [-0.15, -0.1) is 11.3 Å². The zero-order valence-electron chi connectivity index (χ0n) is 32.3. The van der Waals surface area contributed by atoms with Crippen LogP contribution in [-0.2, 0) is 7.05 Å². The molecule has 0 radical (unpaired) electrons. The summed E-state index contributed by atoms with van der Waals surface area (Å²) in [5, 5.41) is 10.7. The molecule has 0 N–H and O–H groups in total. The zero-order chi connectivity index (χ0) is 39.4. The Morgan fingerprint density at radius 3 is 1.83 bits per heavy atom. The van der Waals surface area contributed by atoms with E-state index in [0.29, 0.717) is 22.3 Å². The van der Waals surface area contributed by atoms with Crippen molar-refractivity contribution < 1.29 is 8.83 Å². The molecule has 278 valence electrons. The third-order valence-corrected chi connectivity index (χ3v) is 13.1. The topological polar surface area (TPSA) is 65.3 Å². The minimum absolute atomic E-state index is 0.330. The van der Waals surface area contributed by atoms with E-state index in [0.717, 1.165) is 97.4 Å². The third-order valence-electron chi connectivity index (χ3n) is 12.0. The standard InChI is InChI=1S/C52H35NO4S/c1-28-13-17-39-38(16-14-29(2)48(39)45-21-22-46(58-45)50-30(3)49-37-12-8-7-9-31(37)15-20-43(49)56-52(50)55)47(28)42-19-18-41(53(42)4)40-26-36-25-34-23-32-10-5-6-11-33(32)24-35(34)27-44(36)57-51(40)54/h5-27H,1-4H3. The molecule has 0 unspecified atom stereocenters. The van der Waals surface area contributed by atoms with Gasteiger partial charge in [-0.25, -0.2) is 9.59 Å². The molecule has 0 aliphatic carbocycles. The lowest BCUT2D eigenvalue weighted by atomic mass is 9.92. The number of hydrogen-bond donors (Lipinski definition) is 0. The summed E-state index contributed by atoms with van der Waals surface area (Å²) in [6, 6.07) is 47.8. The Morgan fingerprint density at radius 2 is 1.07 bits per heavy atom. The van der Waals surface area contributed by atoms with E-state index >= 15 is 0 Å². The summed E-state index contributed by atoms with van der Waals surface area (Å²) in [6.45, 7) is 6.30. The molecule has 0 fully saturated rings. The SMILES string of the molecule is Cc1ccc2c(-c3ccc(-c4cc5cc6cc7ccccc7cc6cc5oc4=O)n3C)c(C)ccc2c1-c1ccc(-c2c(C)c3c(ccc4ccccc43)oc2=O)s1. The van der Waals surface area contributed by atoms with Crippen LogP contribution in [-0.4, -0.2) is 4.57 Å². The fraction of sp³-hybridized carbons (Fsp3) is 0.0769. The maximum atomic E-state index is 13.7. The van der Waals surface area contributed by atoms with Crippen LogP contribution in [0.4, 0.5) is 0 Å². The van der Waals surface area contributed by atoms with Crippen molar-refractivity contribution in [2.75, 3.05) is 0 Å². The minimum atomic E-state index is -0.370. The molecule has 0 saturated carbocycles. The monoisotopic (exact) mass is 769 g/mol. The van der Waals surface area contributed by atoms with Crippen LogP contribution in [0.15, 0.2) is 158 Å². The van der Waals surface area contributed by atoms with E-state index in [4.69, 9.17) is 8.83 Å². The zero-order valence-corrected chi connectivity index (χ0v) is 33.1. The summed E-state index contributed by atoms with van der Waals surface area (Å²) in [7, 11) is 2.01. The van der Waals surface area contributed by atoms with Crippen molar-refractivity contribution in [3.05, 3.63) is 177 Å². The molecule has 5 nitrogen and oxygen atoms in total. The second-order valence-corrected chi connectivity index (χ2v) is 16.5. The van der Waals surface area contributed by atoms with Crippen molar-refractivity contribution >= 4 is 76.4 Å². The molecule has 0 aliphatic rings. The van der Waals surface area contributed by atoms with Gasteiger partial charge in [-0.2, -0.15) is 0 Å². The maximum absolute atomic E-state index is 13.7. The van der Waals surface area contributed by atoms with Gasteiger partial charge in [0, 0.05) is 44.4 Å². The van der Waals surface area contributed by atoms with Crippen LogP contribution in [0.3, 0.4) is 0 Å². The van der Waals surface area contributed by atoms with Gasteiger partial charge in [-0.05, 0) is 141 Å². The molecule has 4 aromatic heterocycles. The number of hydrogen-bond acceptors (Lipinski definition) is 5. The highest BCUT2D eigenvalue weighted by molar-refractivity contribution is 7.19. The maximum Gasteiger partial charge on any atom is 0.345 e. The molecular formula is C52H35NO4S. The molecule has 6 heteroatoms. The van der Waals surface area contributed by atoms with Gasteiger partial charge in [0.15, 0.2) is 0 Å². The van der Waals surface area contributed by atoms with E-state index in [1.807, 2.05) is 74.6 Å². The predicted molar refractivity (Wildman–Crippen MR) is 241 cm³/mol. The average molecular weight is 770 g/mol. The summed E-state index contributed by atoms with van der Waals surface area (Å²) in [5.74, 6) is 0. The van der Waals surface area contributed by atoms with Crippen LogP contribution in [0.1, 0.15) is 16.7 Å². The van der Waals surface area contributed by atoms with E-state index in [2.05, 4.69) is 97.3 Å². The number of aromatic nitrogens is 1. The Labute approximate surface area is 336 Å². The summed E-state index contributed by atoms with van der Waals surface area (Å²) in [5.41, 5.74) is 8.80. The van der Waals surface area contributed by atoms with E-state index in [9.17, 15) is 9.59 Å². The summed E-state index contributed by atoms with van der Waals surface area (Å²) in [4.78, 5) is 29.2. The van der Waals surface area contributed by atoms with E-state index in [1.165, 1.54) is 5.39 Å². The Balaban J connectivity index is 1.02. The molecule has 0 saturated heterocycles.